The standard InChI is InChI=1S/C22H28N2O2/c1-15-20(19-4-2-3-5-21(19)24(15)14-22(25)26)12-16-6-8-17(9-7-16)13-23-18-10-11-18/h6-9,18,23H,2-5,10-14H2,1H3,(H,25,26). The Morgan fingerprint density at radius 3 is 2.54 bits per heavy atom. The summed E-state index contributed by atoms with van der Waals surface area (Å²) in [6.45, 7) is 3.12. The van der Waals surface area contributed by atoms with Crippen molar-refractivity contribution in [3.8, 4) is 0 Å². The van der Waals surface area contributed by atoms with E-state index in [9.17, 15) is 9.90 Å². The summed E-state index contributed by atoms with van der Waals surface area (Å²) < 4.78 is 2.04. The van der Waals surface area contributed by atoms with E-state index in [-0.39, 0.29) is 6.54 Å². The van der Waals surface area contributed by atoms with Gasteiger partial charge in [-0.1, -0.05) is 24.3 Å². The van der Waals surface area contributed by atoms with Crippen LogP contribution in [0.1, 0.15) is 59.3 Å². The Morgan fingerprint density at radius 2 is 1.85 bits per heavy atom. The Morgan fingerprint density at radius 1 is 1.15 bits per heavy atom. The van der Waals surface area contributed by atoms with Gasteiger partial charge in [0, 0.05) is 24.0 Å². The zero-order valence-electron chi connectivity index (χ0n) is 15.6. The molecule has 0 atom stereocenters. The van der Waals surface area contributed by atoms with E-state index in [0.29, 0.717) is 0 Å². The number of fused-ring (bicyclic) bond motifs is 1. The molecule has 4 rings (SSSR count). The van der Waals surface area contributed by atoms with Gasteiger partial charge in [0.2, 0.25) is 0 Å². The van der Waals surface area contributed by atoms with Gasteiger partial charge >= 0.3 is 5.97 Å². The van der Waals surface area contributed by atoms with Crippen molar-refractivity contribution < 1.29 is 9.90 Å². The minimum atomic E-state index is -0.754. The van der Waals surface area contributed by atoms with E-state index < -0.39 is 5.97 Å². The van der Waals surface area contributed by atoms with Crippen molar-refractivity contribution in [2.45, 2.75) is 71.0 Å². The van der Waals surface area contributed by atoms with Crippen LogP contribution in [0.3, 0.4) is 0 Å². The molecule has 2 aliphatic carbocycles. The molecule has 4 nitrogen and oxygen atoms in total. The first-order valence-electron chi connectivity index (χ1n) is 9.84. The monoisotopic (exact) mass is 352 g/mol. The smallest absolute Gasteiger partial charge is 0.323 e. The van der Waals surface area contributed by atoms with Crippen LogP contribution >= 0.6 is 0 Å². The molecule has 1 aromatic carbocycles. The lowest BCUT2D eigenvalue weighted by atomic mass is 9.91. The van der Waals surface area contributed by atoms with Crippen molar-refractivity contribution in [3.05, 3.63) is 57.9 Å². The zero-order valence-corrected chi connectivity index (χ0v) is 15.6. The van der Waals surface area contributed by atoms with Crippen LogP contribution in [-0.2, 0) is 37.1 Å². The largest absolute Gasteiger partial charge is 0.480 e. The van der Waals surface area contributed by atoms with Crippen LogP contribution in [-0.4, -0.2) is 21.7 Å². The minimum Gasteiger partial charge on any atom is -0.480 e. The molecule has 26 heavy (non-hydrogen) atoms. The van der Waals surface area contributed by atoms with Crippen LogP contribution in [0.4, 0.5) is 0 Å². The molecular formula is C22H28N2O2. The summed E-state index contributed by atoms with van der Waals surface area (Å²) in [6, 6.07) is 9.64. The van der Waals surface area contributed by atoms with Gasteiger partial charge in [-0.05, 0) is 74.1 Å². The Balaban J connectivity index is 1.55. The molecule has 0 amide bonds. The van der Waals surface area contributed by atoms with Crippen LogP contribution in [0.2, 0.25) is 0 Å². The first-order valence-corrected chi connectivity index (χ1v) is 9.84. The van der Waals surface area contributed by atoms with E-state index in [1.54, 1.807) is 0 Å². The fourth-order valence-corrected chi connectivity index (χ4v) is 4.21. The number of nitrogens with zero attached hydrogens (tertiary/aromatic N) is 1. The van der Waals surface area contributed by atoms with Gasteiger partial charge in [-0.25, -0.2) is 0 Å². The van der Waals surface area contributed by atoms with E-state index in [1.807, 2.05) is 4.57 Å². The minimum absolute atomic E-state index is 0.0833. The number of nitrogens with one attached hydrogen (secondary N) is 1. The Bertz CT molecular complexity index is 801. The number of aliphatic carboxylic acids is 1. The number of hydrogen-bond acceptors (Lipinski definition) is 2. The van der Waals surface area contributed by atoms with E-state index in [0.717, 1.165) is 44.0 Å². The summed E-state index contributed by atoms with van der Waals surface area (Å²) in [7, 11) is 0. The average Bonchev–Trinajstić information content (AvgIpc) is 3.44. The highest BCUT2D eigenvalue weighted by atomic mass is 16.4. The van der Waals surface area contributed by atoms with Gasteiger partial charge in [-0.3, -0.25) is 4.79 Å². The predicted octanol–water partition coefficient (Wildman–Crippen LogP) is 3.60. The van der Waals surface area contributed by atoms with Crippen molar-refractivity contribution in [1.29, 1.82) is 0 Å². The Hall–Kier alpha value is -2.07. The van der Waals surface area contributed by atoms with E-state index in [1.165, 1.54) is 47.2 Å². The van der Waals surface area contributed by atoms with Crippen molar-refractivity contribution in [2.24, 2.45) is 0 Å². The second kappa shape index (κ2) is 7.28. The summed E-state index contributed by atoms with van der Waals surface area (Å²) in [4.78, 5) is 11.3. The fraction of sp³-hybridized carbons (Fsp3) is 0.500. The van der Waals surface area contributed by atoms with Gasteiger partial charge in [0.1, 0.15) is 6.54 Å². The highest BCUT2D eigenvalue weighted by Crippen LogP contribution is 2.31. The average molecular weight is 352 g/mol. The molecule has 1 saturated carbocycles. The molecule has 2 N–H and O–H groups in total. The van der Waals surface area contributed by atoms with Gasteiger partial charge in [0.25, 0.3) is 0 Å². The van der Waals surface area contributed by atoms with Crippen LogP contribution in [0.25, 0.3) is 0 Å². The Kier molecular flexibility index (Phi) is 4.86. The predicted molar refractivity (Wildman–Crippen MR) is 103 cm³/mol. The zero-order chi connectivity index (χ0) is 18.1. The highest BCUT2D eigenvalue weighted by molar-refractivity contribution is 5.67. The molecular weight excluding hydrogens is 324 g/mol. The molecule has 2 aliphatic rings. The third-order valence-corrected chi connectivity index (χ3v) is 5.84. The molecule has 4 heteroatoms. The molecule has 1 heterocycles. The molecule has 0 saturated heterocycles. The molecule has 1 fully saturated rings. The summed E-state index contributed by atoms with van der Waals surface area (Å²) in [5, 5.41) is 12.8. The number of rotatable bonds is 7. The first kappa shape index (κ1) is 17.3. The summed E-state index contributed by atoms with van der Waals surface area (Å²) >= 11 is 0. The summed E-state index contributed by atoms with van der Waals surface area (Å²) in [5.74, 6) is -0.754. The molecule has 0 spiro atoms. The maximum Gasteiger partial charge on any atom is 0.323 e. The van der Waals surface area contributed by atoms with Gasteiger partial charge in [0.05, 0.1) is 0 Å². The van der Waals surface area contributed by atoms with Crippen molar-refractivity contribution in [3.63, 3.8) is 0 Å². The number of aromatic nitrogens is 1. The van der Waals surface area contributed by atoms with Crippen molar-refractivity contribution in [1.82, 2.24) is 9.88 Å². The number of carbonyl (C=O) groups is 1. The molecule has 1 aromatic heterocycles. The SMILES string of the molecule is Cc1c(Cc2ccc(CNC3CC3)cc2)c2c(n1CC(=O)O)CCCC2. The van der Waals surface area contributed by atoms with E-state index in [2.05, 4.69) is 36.5 Å². The molecule has 0 aliphatic heterocycles. The van der Waals surface area contributed by atoms with Crippen LogP contribution in [0.15, 0.2) is 24.3 Å². The molecule has 138 valence electrons. The van der Waals surface area contributed by atoms with Crippen LogP contribution < -0.4 is 5.32 Å². The van der Waals surface area contributed by atoms with E-state index >= 15 is 0 Å². The number of carboxylic acid groups (broad SMARTS) is 1. The second-order valence-corrected chi connectivity index (χ2v) is 7.82. The molecule has 0 radical (unpaired) electrons. The normalized spacial score (nSPS) is 16.5. The lowest BCUT2D eigenvalue weighted by molar-refractivity contribution is -0.137. The van der Waals surface area contributed by atoms with E-state index in [4.69, 9.17) is 0 Å². The number of carboxylic acids is 1. The maximum absolute atomic E-state index is 11.3. The highest BCUT2D eigenvalue weighted by Gasteiger charge is 2.23. The van der Waals surface area contributed by atoms with Crippen LogP contribution in [0.5, 0.6) is 0 Å². The van der Waals surface area contributed by atoms with Crippen LogP contribution in [0, 0.1) is 6.92 Å². The third kappa shape index (κ3) is 3.70. The topological polar surface area (TPSA) is 54.3 Å². The lowest BCUT2D eigenvalue weighted by Crippen LogP contribution is -2.15. The molecule has 0 unspecified atom stereocenters. The lowest BCUT2D eigenvalue weighted by Gasteiger charge is -2.15. The molecule has 0 bridgehead atoms. The first-order chi connectivity index (χ1) is 12.6. The quantitative estimate of drug-likeness (QED) is 0.800. The summed E-state index contributed by atoms with van der Waals surface area (Å²) in [5.41, 5.74) is 7.81. The maximum atomic E-state index is 11.3. The van der Waals surface area contributed by atoms with Gasteiger partial charge < -0.3 is 15.0 Å². The summed E-state index contributed by atoms with van der Waals surface area (Å²) in [6.07, 6.45) is 8.00. The number of benzene rings is 1. The second-order valence-electron chi connectivity index (χ2n) is 7.82. The third-order valence-electron chi connectivity index (χ3n) is 5.84. The fourth-order valence-electron chi connectivity index (χ4n) is 4.21. The van der Waals surface area contributed by atoms with Gasteiger partial charge in [0.15, 0.2) is 0 Å². The molecule has 2 aromatic rings. The van der Waals surface area contributed by atoms with Gasteiger partial charge in [-0.2, -0.15) is 0 Å². The van der Waals surface area contributed by atoms with Crippen molar-refractivity contribution >= 4 is 5.97 Å². The number of hydrogen-bond donors (Lipinski definition) is 2. The van der Waals surface area contributed by atoms with Gasteiger partial charge in [-0.15, -0.1) is 0 Å². The van der Waals surface area contributed by atoms with Crippen molar-refractivity contribution in [2.75, 3.05) is 0 Å². The Labute approximate surface area is 155 Å².